The summed E-state index contributed by atoms with van der Waals surface area (Å²) in [5, 5.41) is 17.3. The van der Waals surface area contributed by atoms with Crippen LogP contribution < -0.4 is 11.1 Å². The maximum Gasteiger partial charge on any atom is 0.338 e. The third-order valence-corrected chi connectivity index (χ3v) is 5.65. The van der Waals surface area contributed by atoms with Crippen molar-refractivity contribution in [1.82, 2.24) is 24.6 Å². The van der Waals surface area contributed by atoms with Gasteiger partial charge in [-0.2, -0.15) is 10.4 Å². The highest BCUT2D eigenvalue weighted by Crippen LogP contribution is 2.31. The zero-order valence-corrected chi connectivity index (χ0v) is 19.5. The topological polar surface area (TPSA) is 144 Å². The molecule has 1 aromatic carbocycles. The number of nitrogens with zero attached hydrogens (tertiary/aromatic N) is 6. The molecule has 4 rings (SSSR count). The van der Waals surface area contributed by atoms with Crippen molar-refractivity contribution in [3.05, 3.63) is 64.4 Å². The van der Waals surface area contributed by atoms with Crippen LogP contribution in [0, 0.1) is 32.1 Å². The fourth-order valence-electron chi connectivity index (χ4n) is 3.99. The molecule has 10 nitrogen and oxygen atoms in total. The normalized spacial score (nSPS) is 11.8. The summed E-state index contributed by atoms with van der Waals surface area (Å²) in [5.74, 6) is 0.531. The number of methoxy groups -OCH3 is 1. The van der Waals surface area contributed by atoms with Gasteiger partial charge < -0.3 is 15.8 Å². The predicted molar refractivity (Wildman–Crippen MR) is 127 cm³/mol. The highest BCUT2D eigenvalue weighted by atomic mass is 16.5. The van der Waals surface area contributed by atoms with Gasteiger partial charge >= 0.3 is 5.97 Å². The Hall–Kier alpha value is -4.52. The third kappa shape index (κ3) is 3.88. The number of esters is 1. The van der Waals surface area contributed by atoms with Crippen molar-refractivity contribution >= 4 is 23.1 Å². The molecular weight excluding hydrogens is 432 g/mol. The first-order chi connectivity index (χ1) is 16.2. The summed E-state index contributed by atoms with van der Waals surface area (Å²) < 4.78 is 6.72. The van der Waals surface area contributed by atoms with E-state index in [0.717, 1.165) is 33.5 Å². The maximum atomic E-state index is 12.2. The summed E-state index contributed by atoms with van der Waals surface area (Å²) in [4.78, 5) is 25.1. The average molecular weight is 457 g/mol. The molecule has 0 saturated carbocycles. The molecule has 1 atom stereocenters. The Labute approximate surface area is 196 Å². The van der Waals surface area contributed by atoms with Crippen LogP contribution >= 0.6 is 0 Å². The van der Waals surface area contributed by atoms with Gasteiger partial charge in [0.15, 0.2) is 5.82 Å². The molecule has 3 N–H and O–H groups in total. The average Bonchev–Trinajstić information content (AvgIpc) is 3.18. The number of anilines is 2. The number of fused-ring (bicyclic) bond motifs is 1. The van der Waals surface area contributed by atoms with Crippen LogP contribution in [0.4, 0.5) is 11.6 Å². The van der Waals surface area contributed by atoms with Crippen LogP contribution in [0.2, 0.25) is 0 Å². The number of ether oxygens (including phenoxy) is 1. The van der Waals surface area contributed by atoms with Crippen LogP contribution in [-0.2, 0) is 4.74 Å². The first kappa shape index (κ1) is 22.7. The number of nitriles is 1. The van der Waals surface area contributed by atoms with Crippen LogP contribution in [-0.4, -0.2) is 37.6 Å². The third-order valence-electron chi connectivity index (χ3n) is 5.65. The summed E-state index contributed by atoms with van der Waals surface area (Å²) in [6, 6.07) is 7.45. The zero-order chi connectivity index (χ0) is 24.6. The van der Waals surface area contributed by atoms with E-state index >= 15 is 0 Å². The summed E-state index contributed by atoms with van der Waals surface area (Å²) in [5.41, 5.74) is 11.6. The number of rotatable bonds is 5. The standard InChI is InChI=1S/C24H24N8O2/c1-12-6-7-32-20(12)19(16-8-13(2)18(14(3)9-16)24(33)34-5)30-22(31-32)15(4)29-23-17(10-25)21(26)27-11-28-23/h6-9,11,15H,1-5H3,(H3,26,27,28,29)/t15-/m0/s1. The summed E-state index contributed by atoms with van der Waals surface area (Å²) in [7, 11) is 1.37. The Morgan fingerprint density at radius 3 is 2.56 bits per heavy atom. The molecule has 34 heavy (non-hydrogen) atoms. The van der Waals surface area contributed by atoms with E-state index in [2.05, 4.69) is 20.4 Å². The monoisotopic (exact) mass is 456 g/mol. The predicted octanol–water partition coefficient (Wildman–Crippen LogP) is 3.53. The number of aromatic nitrogens is 5. The molecule has 0 aliphatic rings. The molecule has 0 unspecified atom stereocenters. The van der Waals surface area contributed by atoms with E-state index in [1.807, 2.05) is 58.2 Å². The molecular formula is C24H24N8O2. The smallest absolute Gasteiger partial charge is 0.338 e. The number of nitrogen functional groups attached to an aromatic ring is 1. The van der Waals surface area contributed by atoms with E-state index < -0.39 is 6.04 Å². The summed E-state index contributed by atoms with van der Waals surface area (Å²) >= 11 is 0. The van der Waals surface area contributed by atoms with Gasteiger partial charge in [-0.1, -0.05) is 0 Å². The molecule has 0 amide bonds. The summed E-state index contributed by atoms with van der Waals surface area (Å²) in [6.45, 7) is 7.62. The number of hydrogen-bond donors (Lipinski definition) is 2. The van der Waals surface area contributed by atoms with Gasteiger partial charge in [-0.25, -0.2) is 24.3 Å². The molecule has 0 spiro atoms. The Balaban J connectivity index is 1.84. The van der Waals surface area contributed by atoms with Gasteiger partial charge in [0.05, 0.1) is 29.9 Å². The lowest BCUT2D eigenvalue weighted by atomic mass is 9.97. The van der Waals surface area contributed by atoms with E-state index in [1.165, 1.54) is 13.4 Å². The van der Waals surface area contributed by atoms with Crippen molar-refractivity contribution in [3.8, 4) is 17.3 Å². The van der Waals surface area contributed by atoms with Crippen LogP contribution in [0.1, 0.15) is 51.4 Å². The number of benzene rings is 1. The van der Waals surface area contributed by atoms with Crippen molar-refractivity contribution < 1.29 is 9.53 Å². The molecule has 3 aromatic heterocycles. The van der Waals surface area contributed by atoms with Gasteiger partial charge in [-0.3, -0.25) is 0 Å². The number of carbonyl (C=O) groups is 1. The molecule has 0 fully saturated rings. The van der Waals surface area contributed by atoms with E-state index in [4.69, 9.17) is 15.5 Å². The Bertz CT molecular complexity index is 1450. The lowest BCUT2D eigenvalue weighted by Crippen LogP contribution is -2.16. The second-order valence-electron chi connectivity index (χ2n) is 8.05. The van der Waals surface area contributed by atoms with Crippen molar-refractivity contribution in [2.75, 3.05) is 18.2 Å². The molecule has 0 radical (unpaired) electrons. The molecule has 3 heterocycles. The molecule has 0 bridgehead atoms. The first-order valence-corrected chi connectivity index (χ1v) is 10.6. The van der Waals surface area contributed by atoms with Crippen LogP contribution in [0.5, 0.6) is 0 Å². The fraction of sp³-hybridized carbons (Fsp3) is 0.250. The first-order valence-electron chi connectivity index (χ1n) is 10.6. The number of nitrogens with one attached hydrogen (secondary N) is 1. The molecule has 4 aromatic rings. The molecule has 0 aliphatic carbocycles. The Morgan fingerprint density at radius 2 is 1.91 bits per heavy atom. The number of nitrogens with two attached hydrogens (primary N) is 1. The largest absolute Gasteiger partial charge is 0.465 e. The second kappa shape index (κ2) is 8.78. The number of aryl methyl sites for hydroxylation is 3. The van der Waals surface area contributed by atoms with E-state index in [9.17, 15) is 10.1 Å². The minimum absolute atomic E-state index is 0.0990. The molecule has 10 heteroatoms. The van der Waals surface area contributed by atoms with Gasteiger partial charge in [-0.05, 0) is 62.6 Å². The zero-order valence-electron chi connectivity index (χ0n) is 19.5. The molecule has 172 valence electrons. The van der Waals surface area contributed by atoms with Gasteiger partial charge in [0, 0.05) is 11.8 Å². The van der Waals surface area contributed by atoms with Gasteiger partial charge in [-0.15, -0.1) is 0 Å². The van der Waals surface area contributed by atoms with E-state index in [0.29, 0.717) is 17.2 Å². The lowest BCUT2D eigenvalue weighted by molar-refractivity contribution is 0.0599. The Morgan fingerprint density at radius 1 is 1.21 bits per heavy atom. The molecule has 0 saturated heterocycles. The van der Waals surface area contributed by atoms with Gasteiger partial charge in [0.2, 0.25) is 0 Å². The maximum absolute atomic E-state index is 12.2. The number of hydrogen-bond acceptors (Lipinski definition) is 9. The summed E-state index contributed by atoms with van der Waals surface area (Å²) in [6.07, 6.45) is 3.17. The van der Waals surface area contributed by atoms with Gasteiger partial charge in [0.1, 0.15) is 29.6 Å². The minimum atomic E-state index is -0.399. The quantitative estimate of drug-likeness (QED) is 0.431. The van der Waals surface area contributed by atoms with Crippen LogP contribution in [0.25, 0.3) is 16.8 Å². The van der Waals surface area contributed by atoms with Crippen molar-refractivity contribution in [1.29, 1.82) is 5.26 Å². The lowest BCUT2D eigenvalue weighted by Gasteiger charge is -2.17. The SMILES string of the molecule is COC(=O)c1c(C)cc(-c2nc([C@H](C)Nc3ncnc(N)c3C#N)nn3ccc(C)c23)cc1C. The minimum Gasteiger partial charge on any atom is -0.465 e. The van der Waals surface area contributed by atoms with Crippen molar-refractivity contribution in [2.45, 2.75) is 33.7 Å². The van der Waals surface area contributed by atoms with E-state index in [-0.39, 0.29) is 17.4 Å². The van der Waals surface area contributed by atoms with Gasteiger partial charge in [0.25, 0.3) is 0 Å². The van der Waals surface area contributed by atoms with Crippen molar-refractivity contribution in [3.63, 3.8) is 0 Å². The molecule has 0 aliphatic heterocycles. The Kier molecular flexibility index (Phi) is 5.86. The van der Waals surface area contributed by atoms with Crippen LogP contribution in [0.3, 0.4) is 0 Å². The fourth-order valence-corrected chi connectivity index (χ4v) is 3.99. The van der Waals surface area contributed by atoms with E-state index in [1.54, 1.807) is 4.52 Å². The van der Waals surface area contributed by atoms with Crippen LogP contribution in [0.15, 0.2) is 30.7 Å². The highest BCUT2D eigenvalue weighted by Gasteiger charge is 2.21. The highest BCUT2D eigenvalue weighted by molar-refractivity contribution is 5.94. The number of carbonyl (C=O) groups excluding carboxylic acids is 1. The van der Waals surface area contributed by atoms with Crippen molar-refractivity contribution in [2.24, 2.45) is 0 Å². The second-order valence-corrected chi connectivity index (χ2v) is 8.05.